The van der Waals surface area contributed by atoms with Gasteiger partial charge in [0, 0.05) is 24.6 Å². The van der Waals surface area contributed by atoms with Crippen molar-refractivity contribution in [1.29, 1.82) is 0 Å². The number of aliphatic hydroxyl groups excluding tert-OH is 1. The Kier molecular flexibility index (Phi) is 6.00. The average molecular weight is 327 g/mol. The molecule has 0 radical (unpaired) electrons. The van der Waals surface area contributed by atoms with E-state index in [-0.39, 0.29) is 19.3 Å². The maximum atomic E-state index is 10.6. The van der Waals surface area contributed by atoms with E-state index in [2.05, 4.69) is 10.2 Å². The highest BCUT2D eigenvalue weighted by atomic mass is 17.0. The molecule has 8 nitrogen and oxygen atoms in total. The van der Waals surface area contributed by atoms with Crippen molar-refractivity contribution in [3.05, 3.63) is 28.7 Å². The number of hydrogen-bond donors (Lipinski definition) is 3. The quantitative estimate of drug-likeness (QED) is 0.608. The zero-order chi connectivity index (χ0) is 16.8. The second-order valence-corrected chi connectivity index (χ2v) is 5.74. The van der Waals surface area contributed by atoms with Gasteiger partial charge in [-0.05, 0) is 12.1 Å². The van der Waals surface area contributed by atoms with Crippen molar-refractivity contribution in [1.82, 2.24) is 5.32 Å². The van der Waals surface area contributed by atoms with E-state index in [1.54, 1.807) is 18.2 Å². The highest BCUT2D eigenvalue weighted by molar-refractivity contribution is 5.46. The first-order valence-corrected chi connectivity index (χ1v) is 7.57. The van der Waals surface area contributed by atoms with Gasteiger partial charge in [-0.3, -0.25) is 0 Å². The zero-order valence-corrected chi connectivity index (χ0v) is 13.3. The minimum absolute atomic E-state index is 0.134. The van der Waals surface area contributed by atoms with Crippen LogP contribution in [0, 0.1) is 4.91 Å². The van der Waals surface area contributed by atoms with Crippen molar-refractivity contribution in [2.75, 3.05) is 19.8 Å². The van der Waals surface area contributed by atoms with Crippen molar-refractivity contribution in [3.63, 3.8) is 0 Å². The smallest absolute Gasteiger partial charge is 0.475 e. The van der Waals surface area contributed by atoms with Gasteiger partial charge >= 0.3 is 5.09 Å². The van der Waals surface area contributed by atoms with E-state index in [1.807, 2.05) is 13.8 Å². The number of fused-ring (bicyclic) bond motifs is 1. The van der Waals surface area contributed by atoms with Crippen molar-refractivity contribution >= 4 is 0 Å². The van der Waals surface area contributed by atoms with Crippen molar-refractivity contribution in [3.8, 4) is 11.5 Å². The fourth-order valence-electron chi connectivity index (χ4n) is 2.30. The molecule has 0 saturated heterocycles. The highest BCUT2D eigenvalue weighted by Crippen LogP contribution is 2.33. The third kappa shape index (κ3) is 5.26. The van der Waals surface area contributed by atoms with Crippen LogP contribution < -0.4 is 14.8 Å². The fourth-order valence-corrected chi connectivity index (χ4v) is 2.30. The van der Waals surface area contributed by atoms with E-state index < -0.39 is 17.3 Å². The molecule has 0 amide bonds. The molecule has 23 heavy (non-hydrogen) atoms. The van der Waals surface area contributed by atoms with Gasteiger partial charge in [0.1, 0.15) is 35.7 Å². The molecule has 0 aromatic heterocycles. The molecule has 0 aliphatic carbocycles. The summed E-state index contributed by atoms with van der Waals surface area (Å²) in [6.07, 6.45) is -0.868. The van der Waals surface area contributed by atoms with Crippen LogP contribution in [0.1, 0.15) is 19.4 Å². The normalized spacial score (nSPS) is 18.0. The minimum atomic E-state index is -0.639. The molecule has 1 heterocycles. The average Bonchev–Trinajstić information content (AvgIpc) is 2.50. The third-order valence-corrected chi connectivity index (χ3v) is 3.38. The van der Waals surface area contributed by atoms with Gasteiger partial charge in [0.05, 0.1) is 0 Å². The number of nitrogens with one attached hydrogen (secondary N) is 1. The summed E-state index contributed by atoms with van der Waals surface area (Å²) in [5, 5.41) is 21.1. The van der Waals surface area contributed by atoms with Crippen LogP contribution in [0.4, 0.5) is 0 Å². The lowest BCUT2D eigenvalue weighted by Crippen LogP contribution is -2.35. The Balaban J connectivity index is 1.97. The molecule has 1 aliphatic heterocycles. The molecule has 2 rings (SSSR count). The minimum Gasteiger partial charge on any atom is -0.490 e. The predicted molar refractivity (Wildman–Crippen MR) is 80.6 cm³/mol. The molecule has 1 aromatic rings. The monoisotopic (exact) mass is 327 g/mol. The summed E-state index contributed by atoms with van der Waals surface area (Å²) in [7, 11) is 0. The van der Waals surface area contributed by atoms with E-state index in [0.717, 1.165) is 5.56 Å². The van der Waals surface area contributed by atoms with Gasteiger partial charge in [-0.1, -0.05) is 19.9 Å². The molecule has 0 bridgehead atoms. The fraction of sp³-hybridized carbons (Fsp3) is 0.600. The lowest BCUT2D eigenvalue weighted by molar-refractivity contribution is -0.981. The molecule has 2 unspecified atom stereocenters. The number of aliphatic hydroxyl groups is 1. The second kappa shape index (κ2) is 7.98. The van der Waals surface area contributed by atoms with Crippen molar-refractivity contribution < 1.29 is 29.7 Å². The Morgan fingerprint density at radius 2 is 2.26 bits per heavy atom. The summed E-state index contributed by atoms with van der Waals surface area (Å²) in [5.74, 6) is 1.21. The largest absolute Gasteiger partial charge is 0.490 e. The summed E-state index contributed by atoms with van der Waals surface area (Å²) < 4.78 is 11.2. The maximum Gasteiger partial charge on any atom is 0.475 e. The Hall–Kier alpha value is -2.06. The Morgan fingerprint density at radius 1 is 1.48 bits per heavy atom. The van der Waals surface area contributed by atoms with E-state index in [0.29, 0.717) is 24.5 Å². The van der Waals surface area contributed by atoms with E-state index in [9.17, 15) is 10.0 Å². The molecule has 1 aliphatic rings. The van der Waals surface area contributed by atoms with Crippen LogP contribution in [-0.2, 0) is 11.3 Å². The molecule has 0 saturated carbocycles. The summed E-state index contributed by atoms with van der Waals surface area (Å²) in [6.45, 7) is 4.73. The van der Waals surface area contributed by atoms with Crippen LogP contribution in [-0.4, -0.2) is 53.4 Å². The Morgan fingerprint density at radius 3 is 2.96 bits per heavy atom. The van der Waals surface area contributed by atoms with E-state index >= 15 is 0 Å². The molecular formula is C15H23N2O6+. The summed E-state index contributed by atoms with van der Waals surface area (Å²) in [6, 6.07) is 5.64. The van der Waals surface area contributed by atoms with Gasteiger partial charge in [-0.25, -0.2) is 5.21 Å². The standard InChI is InChI=1S/C15H23N2O6/c1-10(2)16-7-11(18)8-21-14-4-3-5-15-13(14)6-12(9-22-15)23-17(19)20/h3-5,10-12,16,18H,6-9H2,1-2H3,(H,19,20)/q+1. The van der Waals surface area contributed by atoms with Crippen LogP contribution in [0.5, 0.6) is 11.5 Å². The highest BCUT2D eigenvalue weighted by Gasteiger charge is 2.29. The first-order valence-electron chi connectivity index (χ1n) is 7.57. The van der Waals surface area contributed by atoms with Gasteiger partial charge in [0.2, 0.25) is 6.10 Å². The van der Waals surface area contributed by atoms with Crippen LogP contribution in [0.15, 0.2) is 18.2 Å². The van der Waals surface area contributed by atoms with Crippen LogP contribution in [0.2, 0.25) is 0 Å². The summed E-state index contributed by atoms with van der Waals surface area (Å²) >= 11 is 0. The predicted octanol–water partition coefficient (Wildman–Crippen LogP) is 0.827. The number of rotatable bonds is 8. The van der Waals surface area contributed by atoms with E-state index in [4.69, 9.17) is 14.7 Å². The molecule has 2 atom stereocenters. The topological polar surface area (TPSA) is 100 Å². The maximum absolute atomic E-state index is 10.6. The molecule has 3 N–H and O–H groups in total. The lowest BCUT2D eigenvalue weighted by Gasteiger charge is -2.23. The number of hydrogen-bond acceptors (Lipinski definition) is 6. The first-order chi connectivity index (χ1) is 11.0. The summed E-state index contributed by atoms with van der Waals surface area (Å²) in [4.78, 5) is 15.3. The van der Waals surface area contributed by atoms with Gasteiger partial charge in [0.15, 0.2) is 0 Å². The number of benzene rings is 1. The van der Waals surface area contributed by atoms with Crippen LogP contribution >= 0.6 is 0 Å². The Labute approximate surface area is 134 Å². The van der Waals surface area contributed by atoms with Gasteiger partial charge < -0.3 is 19.9 Å². The SMILES string of the molecule is CC(C)NCC(O)COc1cccc2c1CC(O[N+](=O)O)CO2. The van der Waals surface area contributed by atoms with Gasteiger partial charge in [-0.15, -0.1) is 0 Å². The molecule has 8 heteroatoms. The van der Waals surface area contributed by atoms with Crippen LogP contribution in [0.25, 0.3) is 0 Å². The van der Waals surface area contributed by atoms with Crippen molar-refractivity contribution in [2.45, 2.75) is 38.5 Å². The third-order valence-electron chi connectivity index (χ3n) is 3.38. The van der Waals surface area contributed by atoms with Crippen LogP contribution in [0.3, 0.4) is 0 Å². The van der Waals surface area contributed by atoms with Gasteiger partial charge in [-0.2, -0.15) is 4.84 Å². The molecule has 128 valence electrons. The van der Waals surface area contributed by atoms with E-state index in [1.165, 1.54) is 0 Å². The summed E-state index contributed by atoms with van der Waals surface area (Å²) in [5.41, 5.74) is 0.745. The molecule has 0 fully saturated rings. The molecule has 1 aromatic carbocycles. The molecule has 0 spiro atoms. The second-order valence-electron chi connectivity index (χ2n) is 5.74. The zero-order valence-electron chi connectivity index (χ0n) is 13.3. The Bertz CT molecular complexity index is 537. The number of nitrogens with zero attached hydrogens (tertiary/aromatic N) is 1. The molecular weight excluding hydrogens is 304 g/mol. The van der Waals surface area contributed by atoms with Crippen molar-refractivity contribution in [2.24, 2.45) is 0 Å². The van der Waals surface area contributed by atoms with Gasteiger partial charge in [0.25, 0.3) is 0 Å². The number of ether oxygens (including phenoxy) is 2. The lowest BCUT2D eigenvalue weighted by atomic mass is 10.0. The first kappa shape index (κ1) is 17.3.